The Labute approximate surface area is 150 Å². The first-order chi connectivity index (χ1) is 9.67. The molecule has 1 aromatic carbocycles. The number of carbonyl (C=O) groups excluding carboxylic acids is 1. The maximum absolute atomic E-state index is 11.6. The smallest absolute Gasteiger partial charge is 0.226 e. The number of hydrogen-bond donors (Lipinski definition) is 3. The fraction of sp³-hybridized carbons (Fsp3) is 0.500. The SMILES string of the molecule is CC(C)C(=O)Nc1ccc(CN=C(N)NC(C)(C)C)cc1.I. The van der Waals surface area contributed by atoms with Crippen LogP contribution in [0.5, 0.6) is 0 Å². The van der Waals surface area contributed by atoms with Gasteiger partial charge in [-0.05, 0) is 38.5 Å². The van der Waals surface area contributed by atoms with E-state index in [2.05, 4.69) is 15.6 Å². The molecule has 124 valence electrons. The number of hydrogen-bond acceptors (Lipinski definition) is 2. The number of aliphatic imine (C=N–C) groups is 1. The second-order valence-electron chi connectivity index (χ2n) is 6.42. The van der Waals surface area contributed by atoms with Crippen LogP contribution in [-0.2, 0) is 11.3 Å². The minimum absolute atomic E-state index is 0. The summed E-state index contributed by atoms with van der Waals surface area (Å²) in [6, 6.07) is 7.62. The summed E-state index contributed by atoms with van der Waals surface area (Å²) in [5.74, 6) is 0.414. The summed E-state index contributed by atoms with van der Waals surface area (Å²) in [5.41, 5.74) is 7.55. The van der Waals surface area contributed by atoms with Crippen LogP contribution < -0.4 is 16.4 Å². The van der Waals surface area contributed by atoms with E-state index in [-0.39, 0.29) is 41.3 Å². The Morgan fingerprint density at radius 1 is 1.23 bits per heavy atom. The van der Waals surface area contributed by atoms with E-state index in [0.29, 0.717) is 12.5 Å². The third kappa shape index (κ3) is 8.21. The van der Waals surface area contributed by atoms with Crippen molar-refractivity contribution < 1.29 is 4.79 Å². The van der Waals surface area contributed by atoms with E-state index in [9.17, 15) is 4.79 Å². The predicted octanol–water partition coefficient (Wildman–Crippen LogP) is 3.10. The molecule has 0 unspecified atom stereocenters. The van der Waals surface area contributed by atoms with Crippen molar-refractivity contribution >= 4 is 41.5 Å². The maximum atomic E-state index is 11.6. The summed E-state index contributed by atoms with van der Waals surface area (Å²) in [5, 5.41) is 5.96. The van der Waals surface area contributed by atoms with E-state index in [0.717, 1.165) is 11.3 Å². The Balaban J connectivity index is 0.00000441. The number of anilines is 1. The minimum atomic E-state index is -0.0986. The molecule has 0 heterocycles. The average Bonchev–Trinajstić information content (AvgIpc) is 2.35. The zero-order valence-electron chi connectivity index (χ0n) is 13.9. The Morgan fingerprint density at radius 3 is 2.23 bits per heavy atom. The van der Waals surface area contributed by atoms with E-state index in [4.69, 9.17) is 5.73 Å². The Hall–Kier alpha value is -1.31. The summed E-state index contributed by atoms with van der Waals surface area (Å²) >= 11 is 0. The van der Waals surface area contributed by atoms with Crippen molar-refractivity contribution in [1.82, 2.24) is 5.32 Å². The first-order valence-electron chi connectivity index (χ1n) is 7.15. The lowest BCUT2D eigenvalue weighted by Crippen LogP contribution is -2.44. The lowest BCUT2D eigenvalue weighted by Gasteiger charge is -2.21. The number of nitrogens with one attached hydrogen (secondary N) is 2. The number of nitrogens with two attached hydrogens (primary N) is 1. The molecule has 22 heavy (non-hydrogen) atoms. The van der Waals surface area contributed by atoms with Crippen LogP contribution in [0.1, 0.15) is 40.2 Å². The second kappa shape index (κ2) is 8.97. The van der Waals surface area contributed by atoms with Crippen LogP contribution in [0.4, 0.5) is 5.69 Å². The van der Waals surface area contributed by atoms with Crippen molar-refractivity contribution in [2.75, 3.05) is 5.32 Å². The summed E-state index contributed by atoms with van der Waals surface area (Å²) in [6.45, 7) is 10.3. The van der Waals surface area contributed by atoms with Crippen LogP contribution in [0.15, 0.2) is 29.3 Å². The summed E-state index contributed by atoms with van der Waals surface area (Å²) in [6.07, 6.45) is 0. The Morgan fingerprint density at radius 2 is 1.77 bits per heavy atom. The first kappa shape index (κ1) is 20.7. The van der Waals surface area contributed by atoms with Crippen LogP contribution >= 0.6 is 24.0 Å². The fourth-order valence-electron chi connectivity index (χ4n) is 1.58. The quantitative estimate of drug-likeness (QED) is 0.400. The van der Waals surface area contributed by atoms with Gasteiger partial charge in [-0.15, -0.1) is 24.0 Å². The van der Waals surface area contributed by atoms with Gasteiger partial charge in [0.25, 0.3) is 0 Å². The minimum Gasteiger partial charge on any atom is -0.370 e. The topological polar surface area (TPSA) is 79.5 Å². The maximum Gasteiger partial charge on any atom is 0.226 e. The molecule has 0 saturated heterocycles. The number of nitrogens with zero attached hydrogens (tertiary/aromatic N) is 1. The molecule has 1 rings (SSSR count). The van der Waals surface area contributed by atoms with E-state index in [1.54, 1.807) is 0 Å². The van der Waals surface area contributed by atoms with Crippen molar-refractivity contribution in [2.24, 2.45) is 16.6 Å². The molecule has 0 saturated carbocycles. The molecule has 0 atom stereocenters. The third-order valence-corrected chi connectivity index (χ3v) is 2.68. The van der Waals surface area contributed by atoms with E-state index in [1.165, 1.54) is 0 Å². The van der Waals surface area contributed by atoms with Gasteiger partial charge in [0.15, 0.2) is 5.96 Å². The van der Waals surface area contributed by atoms with Gasteiger partial charge in [0.1, 0.15) is 0 Å². The van der Waals surface area contributed by atoms with Crippen molar-refractivity contribution in [1.29, 1.82) is 0 Å². The van der Waals surface area contributed by atoms with Gasteiger partial charge in [-0.2, -0.15) is 0 Å². The molecule has 0 aliphatic rings. The summed E-state index contributed by atoms with van der Waals surface area (Å²) < 4.78 is 0. The number of halogens is 1. The molecule has 4 N–H and O–H groups in total. The zero-order chi connectivity index (χ0) is 16.0. The number of guanidine groups is 1. The Kier molecular flexibility index (Phi) is 8.44. The molecule has 0 spiro atoms. The molecule has 1 aromatic rings. The Bertz CT molecular complexity index is 504. The van der Waals surface area contributed by atoms with Crippen LogP contribution in [0.2, 0.25) is 0 Å². The van der Waals surface area contributed by atoms with Crippen molar-refractivity contribution in [2.45, 2.75) is 46.7 Å². The van der Waals surface area contributed by atoms with Gasteiger partial charge in [-0.3, -0.25) is 4.79 Å². The first-order valence-corrected chi connectivity index (χ1v) is 7.15. The molecule has 0 aromatic heterocycles. The van der Waals surface area contributed by atoms with Crippen LogP contribution in [-0.4, -0.2) is 17.4 Å². The van der Waals surface area contributed by atoms with Crippen LogP contribution in [0, 0.1) is 5.92 Å². The molecular formula is C16H27IN4O. The molecular weight excluding hydrogens is 391 g/mol. The van der Waals surface area contributed by atoms with Gasteiger partial charge in [0.05, 0.1) is 6.54 Å². The number of carbonyl (C=O) groups is 1. The molecule has 0 radical (unpaired) electrons. The predicted molar refractivity (Wildman–Crippen MR) is 104 cm³/mol. The van der Waals surface area contributed by atoms with Gasteiger partial charge in [-0.25, -0.2) is 4.99 Å². The average molecular weight is 418 g/mol. The largest absolute Gasteiger partial charge is 0.370 e. The van der Waals surface area contributed by atoms with Crippen LogP contribution in [0.25, 0.3) is 0 Å². The molecule has 0 bridgehead atoms. The molecule has 6 heteroatoms. The molecule has 5 nitrogen and oxygen atoms in total. The highest BCUT2D eigenvalue weighted by Crippen LogP contribution is 2.11. The van der Waals surface area contributed by atoms with E-state index >= 15 is 0 Å². The van der Waals surface area contributed by atoms with Gasteiger partial charge >= 0.3 is 0 Å². The molecule has 1 amide bonds. The van der Waals surface area contributed by atoms with Crippen molar-refractivity contribution in [3.8, 4) is 0 Å². The lowest BCUT2D eigenvalue weighted by atomic mass is 10.1. The standard InChI is InChI=1S/C16H26N4O.HI/c1-11(2)14(21)19-13-8-6-12(7-9-13)10-18-15(17)20-16(3,4)5;/h6-9,11H,10H2,1-5H3,(H,19,21)(H3,17,18,20);1H. The fourth-order valence-corrected chi connectivity index (χ4v) is 1.58. The van der Waals surface area contributed by atoms with Gasteiger partial charge < -0.3 is 16.4 Å². The third-order valence-electron chi connectivity index (χ3n) is 2.68. The van der Waals surface area contributed by atoms with Crippen molar-refractivity contribution in [3.63, 3.8) is 0 Å². The number of rotatable bonds is 4. The molecule has 0 aliphatic carbocycles. The van der Waals surface area contributed by atoms with E-state index < -0.39 is 0 Å². The molecule has 0 fully saturated rings. The van der Waals surface area contributed by atoms with Crippen LogP contribution in [0.3, 0.4) is 0 Å². The highest BCUT2D eigenvalue weighted by atomic mass is 127. The number of amides is 1. The second-order valence-corrected chi connectivity index (χ2v) is 6.42. The van der Waals surface area contributed by atoms with Gasteiger partial charge in [0, 0.05) is 17.1 Å². The summed E-state index contributed by atoms with van der Waals surface area (Å²) in [4.78, 5) is 15.9. The highest BCUT2D eigenvalue weighted by molar-refractivity contribution is 14.0. The normalized spacial score (nSPS) is 11.8. The van der Waals surface area contributed by atoms with Gasteiger partial charge in [-0.1, -0.05) is 26.0 Å². The molecule has 0 aliphatic heterocycles. The van der Waals surface area contributed by atoms with E-state index in [1.807, 2.05) is 58.9 Å². The monoisotopic (exact) mass is 418 g/mol. The zero-order valence-corrected chi connectivity index (χ0v) is 16.3. The number of benzene rings is 1. The summed E-state index contributed by atoms with van der Waals surface area (Å²) in [7, 11) is 0. The lowest BCUT2D eigenvalue weighted by molar-refractivity contribution is -0.118. The van der Waals surface area contributed by atoms with Gasteiger partial charge in [0.2, 0.25) is 5.91 Å². The highest BCUT2D eigenvalue weighted by Gasteiger charge is 2.09. The van der Waals surface area contributed by atoms with Crippen molar-refractivity contribution in [3.05, 3.63) is 29.8 Å².